The second-order valence-electron chi connectivity index (χ2n) is 3.27. The highest BCUT2D eigenvalue weighted by Gasteiger charge is 2.55. The number of rotatable bonds is 2. The van der Waals surface area contributed by atoms with Crippen molar-refractivity contribution in [1.82, 2.24) is 5.06 Å². The molecular formula is C5H10N2O5S. The third-order valence-corrected chi connectivity index (χ3v) is 2.26. The first kappa shape index (κ1) is 10.4. The number of carbonyl (C=O) groups excluding carboxylic acids is 1. The van der Waals surface area contributed by atoms with Gasteiger partial charge in [-0.25, -0.2) is 0 Å². The Balaban J connectivity index is 2.80. The van der Waals surface area contributed by atoms with Gasteiger partial charge < -0.3 is 5.73 Å². The third-order valence-electron chi connectivity index (χ3n) is 1.92. The molecule has 0 radical (unpaired) electrons. The molecule has 1 fully saturated rings. The summed E-state index contributed by atoms with van der Waals surface area (Å²) in [5.41, 5.74) is 4.44. The molecule has 8 heteroatoms. The van der Waals surface area contributed by atoms with E-state index < -0.39 is 27.9 Å². The minimum atomic E-state index is -4.66. The van der Waals surface area contributed by atoms with Crippen LogP contribution in [-0.2, 0) is 19.5 Å². The molecular weight excluding hydrogens is 200 g/mol. The van der Waals surface area contributed by atoms with Gasteiger partial charge in [-0.2, -0.15) is 13.5 Å². The van der Waals surface area contributed by atoms with Gasteiger partial charge in [-0.15, -0.1) is 4.28 Å². The topological polar surface area (TPSA) is 110 Å². The molecule has 7 nitrogen and oxygen atoms in total. The quantitative estimate of drug-likeness (QED) is 0.431. The predicted octanol–water partition coefficient (Wildman–Crippen LogP) is -1.33. The molecule has 0 saturated carbocycles. The van der Waals surface area contributed by atoms with Crippen molar-refractivity contribution in [2.75, 3.05) is 0 Å². The van der Waals surface area contributed by atoms with Gasteiger partial charge in [0.15, 0.2) is 0 Å². The molecule has 0 aromatic carbocycles. The molecule has 1 aliphatic rings. The zero-order chi connectivity index (χ0) is 10.4. The van der Waals surface area contributed by atoms with Crippen molar-refractivity contribution in [2.45, 2.75) is 25.4 Å². The number of hydrogen-bond acceptors (Lipinski definition) is 5. The largest absolute Gasteiger partial charge is 0.418 e. The summed E-state index contributed by atoms with van der Waals surface area (Å²) in [6, 6.07) is -0.811. The Bertz CT molecular complexity index is 335. The first-order chi connectivity index (χ1) is 5.66. The van der Waals surface area contributed by atoms with E-state index in [0.29, 0.717) is 5.06 Å². The molecule has 1 rings (SSSR count). The summed E-state index contributed by atoms with van der Waals surface area (Å²) < 4.78 is 32.9. The highest BCUT2D eigenvalue weighted by molar-refractivity contribution is 7.80. The van der Waals surface area contributed by atoms with Gasteiger partial charge in [0.2, 0.25) is 0 Å². The van der Waals surface area contributed by atoms with E-state index in [0.717, 1.165) is 0 Å². The van der Waals surface area contributed by atoms with Gasteiger partial charge in [-0.3, -0.25) is 9.35 Å². The normalized spacial score (nSPS) is 27.2. The van der Waals surface area contributed by atoms with E-state index in [4.69, 9.17) is 10.3 Å². The number of β-lactam (4-membered cyclic amide) rings is 1. The van der Waals surface area contributed by atoms with Gasteiger partial charge in [0.1, 0.15) is 6.04 Å². The monoisotopic (exact) mass is 210 g/mol. The smallest absolute Gasteiger partial charge is 0.318 e. The van der Waals surface area contributed by atoms with Crippen LogP contribution in [0.2, 0.25) is 0 Å². The molecule has 0 bridgehead atoms. The van der Waals surface area contributed by atoms with E-state index in [1.165, 1.54) is 13.8 Å². The number of carbonyl (C=O) groups is 1. The fourth-order valence-corrected chi connectivity index (χ4v) is 1.45. The van der Waals surface area contributed by atoms with E-state index in [-0.39, 0.29) is 0 Å². The molecule has 0 aromatic heterocycles. The maximum atomic E-state index is 11.0. The van der Waals surface area contributed by atoms with Crippen LogP contribution in [0.4, 0.5) is 0 Å². The lowest BCUT2D eigenvalue weighted by Gasteiger charge is -2.48. The first-order valence-electron chi connectivity index (χ1n) is 3.43. The Hall–Kier alpha value is -0.700. The second kappa shape index (κ2) is 2.64. The minimum Gasteiger partial charge on any atom is -0.318 e. The van der Waals surface area contributed by atoms with Crippen LogP contribution in [0, 0.1) is 0 Å². The number of hydrogen-bond donors (Lipinski definition) is 2. The van der Waals surface area contributed by atoms with Crippen LogP contribution < -0.4 is 5.73 Å². The minimum absolute atomic E-state index is 0.535. The van der Waals surface area contributed by atoms with Crippen molar-refractivity contribution in [1.29, 1.82) is 0 Å². The highest BCUT2D eigenvalue weighted by Crippen LogP contribution is 2.30. The molecule has 0 aliphatic carbocycles. The highest BCUT2D eigenvalue weighted by atomic mass is 32.3. The summed E-state index contributed by atoms with van der Waals surface area (Å²) >= 11 is 0. The van der Waals surface area contributed by atoms with Gasteiger partial charge in [0.25, 0.3) is 5.91 Å². The molecule has 0 aromatic rings. The van der Waals surface area contributed by atoms with Crippen LogP contribution in [-0.4, -0.2) is 35.5 Å². The molecule has 13 heavy (non-hydrogen) atoms. The molecule has 1 amide bonds. The van der Waals surface area contributed by atoms with Crippen LogP contribution in [0.15, 0.2) is 0 Å². The summed E-state index contributed by atoms with van der Waals surface area (Å²) in [5.74, 6) is -0.678. The Morgan fingerprint density at radius 3 is 2.38 bits per heavy atom. The van der Waals surface area contributed by atoms with Crippen LogP contribution in [0.1, 0.15) is 13.8 Å². The Kier molecular flexibility index (Phi) is 2.11. The molecule has 0 spiro atoms. The third kappa shape index (κ3) is 1.66. The maximum absolute atomic E-state index is 11.0. The average molecular weight is 210 g/mol. The summed E-state index contributed by atoms with van der Waals surface area (Å²) in [7, 11) is -4.66. The van der Waals surface area contributed by atoms with Crippen molar-refractivity contribution >= 4 is 16.3 Å². The number of nitrogens with zero attached hydrogens (tertiary/aromatic N) is 1. The van der Waals surface area contributed by atoms with Crippen LogP contribution in [0.5, 0.6) is 0 Å². The van der Waals surface area contributed by atoms with E-state index >= 15 is 0 Å². The lowest BCUT2D eigenvalue weighted by Crippen LogP contribution is -2.74. The van der Waals surface area contributed by atoms with Crippen molar-refractivity contribution in [3.63, 3.8) is 0 Å². The van der Waals surface area contributed by atoms with E-state index in [2.05, 4.69) is 4.28 Å². The summed E-state index contributed by atoms with van der Waals surface area (Å²) in [5, 5.41) is 0.535. The first-order valence-corrected chi connectivity index (χ1v) is 4.79. The van der Waals surface area contributed by atoms with Crippen LogP contribution in [0.25, 0.3) is 0 Å². The molecule has 1 aliphatic heterocycles. The van der Waals surface area contributed by atoms with Crippen molar-refractivity contribution in [3.8, 4) is 0 Å². The zero-order valence-corrected chi connectivity index (χ0v) is 7.91. The molecule has 1 heterocycles. The van der Waals surface area contributed by atoms with Crippen LogP contribution >= 0.6 is 0 Å². The summed E-state index contributed by atoms with van der Waals surface area (Å²) in [4.78, 5) is 11.0. The van der Waals surface area contributed by atoms with E-state index in [1.54, 1.807) is 0 Å². The SMILES string of the molecule is CC1(C)[C@@H](N)C(=O)N1OS(=O)(=O)O. The number of hydroxylamine groups is 2. The van der Waals surface area contributed by atoms with Gasteiger partial charge in [-0.05, 0) is 13.8 Å². The summed E-state index contributed by atoms with van der Waals surface area (Å²) in [6.07, 6.45) is 0. The molecule has 76 valence electrons. The standard InChI is InChI=1S/C5H10N2O5S/c1-5(2)3(6)4(8)7(5)12-13(9,10)11/h3H,6H2,1-2H3,(H,9,10,11)/t3-/m0/s1. The second-order valence-corrected chi connectivity index (χ2v) is 4.27. The van der Waals surface area contributed by atoms with Gasteiger partial charge in [-0.1, -0.05) is 0 Å². The fourth-order valence-electron chi connectivity index (χ4n) is 1.000. The Morgan fingerprint density at radius 2 is 2.08 bits per heavy atom. The molecule has 0 unspecified atom stereocenters. The fraction of sp³-hybridized carbons (Fsp3) is 0.800. The van der Waals surface area contributed by atoms with Gasteiger partial charge >= 0.3 is 10.4 Å². The molecule has 3 N–H and O–H groups in total. The molecule has 1 atom stereocenters. The lowest BCUT2D eigenvalue weighted by molar-refractivity contribution is -0.214. The van der Waals surface area contributed by atoms with Crippen molar-refractivity contribution in [3.05, 3.63) is 0 Å². The van der Waals surface area contributed by atoms with Gasteiger partial charge in [0.05, 0.1) is 5.54 Å². The van der Waals surface area contributed by atoms with E-state index in [1.807, 2.05) is 0 Å². The predicted molar refractivity (Wildman–Crippen MR) is 41.5 cm³/mol. The average Bonchev–Trinajstić information content (AvgIpc) is 1.96. The zero-order valence-electron chi connectivity index (χ0n) is 7.09. The lowest BCUT2D eigenvalue weighted by atomic mass is 9.86. The van der Waals surface area contributed by atoms with Crippen molar-refractivity contribution < 1.29 is 22.0 Å². The van der Waals surface area contributed by atoms with Crippen molar-refractivity contribution in [2.24, 2.45) is 5.73 Å². The van der Waals surface area contributed by atoms with E-state index in [9.17, 15) is 13.2 Å². The number of amides is 1. The van der Waals surface area contributed by atoms with Crippen LogP contribution in [0.3, 0.4) is 0 Å². The Morgan fingerprint density at radius 1 is 1.62 bits per heavy atom. The summed E-state index contributed by atoms with van der Waals surface area (Å²) in [6.45, 7) is 3.04. The Labute approximate surface area is 75.4 Å². The number of nitrogens with two attached hydrogens (primary N) is 1. The maximum Gasteiger partial charge on any atom is 0.418 e. The van der Waals surface area contributed by atoms with Gasteiger partial charge in [0, 0.05) is 0 Å². The molecule has 1 saturated heterocycles.